The Morgan fingerprint density at radius 3 is 2.76 bits per heavy atom. The minimum absolute atomic E-state index is 0.141. The molecule has 3 heterocycles. The Morgan fingerprint density at radius 2 is 2.00 bits per heavy atom. The summed E-state index contributed by atoms with van der Waals surface area (Å²) in [6.45, 7) is 5.28. The van der Waals surface area contributed by atoms with E-state index in [9.17, 15) is 4.79 Å². The summed E-state index contributed by atoms with van der Waals surface area (Å²) in [5, 5.41) is 0.684. The molecule has 4 aromatic rings. The molecule has 33 heavy (non-hydrogen) atoms. The van der Waals surface area contributed by atoms with Crippen molar-refractivity contribution in [3.05, 3.63) is 66.7 Å². The van der Waals surface area contributed by atoms with Gasteiger partial charge < -0.3 is 14.0 Å². The SMILES string of the molecule is CCc1ccc2nc(N(CCCn3ccnc3)C(=O)C3Oc4ccccc4OC3C)sc2c1. The molecule has 2 unspecified atom stereocenters. The molecule has 170 valence electrons. The third-order valence-electron chi connectivity index (χ3n) is 5.79. The second-order valence-corrected chi connectivity index (χ2v) is 9.11. The van der Waals surface area contributed by atoms with E-state index in [0.29, 0.717) is 23.2 Å². The first-order chi connectivity index (χ1) is 16.1. The van der Waals surface area contributed by atoms with E-state index >= 15 is 0 Å². The van der Waals surface area contributed by atoms with Crippen LogP contribution >= 0.6 is 11.3 Å². The summed E-state index contributed by atoms with van der Waals surface area (Å²) in [7, 11) is 0. The van der Waals surface area contributed by atoms with Crippen molar-refractivity contribution in [2.75, 3.05) is 11.4 Å². The first-order valence-electron chi connectivity index (χ1n) is 11.2. The number of anilines is 1. The van der Waals surface area contributed by atoms with Crippen LogP contribution in [0.2, 0.25) is 0 Å². The van der Waals surface area contributed by atoms with Crippen LogP contribution in [0, 0.1) is 0 Å². The number of carbonyl (C=O) groups excluding carboxylic acids is 1. The number of aryl methyl sites for hydroxylation is 2. The maximum absolute atomic E-state index is 13.8. The van der Waals surface area contributed by atoms with Crippen molar-refractivity contribution in [1.29, 1.82) is 0 Å². The van der Waals surface area contributed by atoms with Gasteiger partial charge in [-0.25, -0.2) is 9.97 Å². The molecule has 2 aromatic heterocycles. The van der Waals surface area contributed by atoms with Crippen LogP contribution in [0.3, 0.4) is 0 Å². The lowest BCUT2D eigenvalue weighted by Crippen LogP contribution is -2.51. The van der Waals surface area contributed by atoms with E-state index in [1.165, 1.54) is 5.56 Å². The van der Waals surface area contributed by atoms with Crippen LogP contribution < -0.4 is 14.4 Å². The second kappa shape index (κ2) is 9.23. The van der Waals surface area contributed by atoms with Crippen molar-refractivity contribution in [2.24, 2.45) is 0 Å². The summed E-state index contributed by atoms with van der Waals surface area (Å²) >= 11 is 1.54. The number of hydrogen-bond donors (Lipinski definition) is 0. The van der Waals surface area contributed by atoms with E-state index in [2.05, 4.69) is 24.0 Å². The van der Waals surface area contributed by atoms with Gasteiger partial charge in [0.05, 0.1) is 16.5 Å². The number of amides is 1. The smallest absolute Gasteiger partial charge is 0.273 e. The van der Waals surface area contributed by atoms with Crippen molar-refractivity contribution in [3.8, 4) is 11.5 Å². The fourth-order valence-electron chi connectivity index (χ4n) is 3.97. The number of rotatable bonds is 7. The highest BCUT2D eigenvalue weighted by atomic mass is 32.1. The topological polar surface area (TPSA) is 69.5 Å². The fourth-order valence-corrected chi connectivity index (χ4v) is 5.03. The molecule has 5 rings (SSSR count). The number of ether oxygens (including phenoxy) is 2. The summed E-state index contributed by atoms with van der Waals surface area (Å²) in [6.07, 6.45) is 6.03. The summed E-state index contributed by atoms with van der Waals surface area (Å²) in [5.41, 5.74) is 2.16. The van der Waals surface area contributed by atoms with Crippen molar-refractivity contribution >= 4 is 32.6 Å². The monoisotopic (exact) mass is 462 g/mol. The largest absolute Gasteiger partial charge is 0.482 e. The van der Waals surface area contributed by atoms with Crippen LogP contribution in [0.5, 0.6) is 11.5 Å². The Balaban J connectivity index is 1.43. The molecule has 0 N–H and O–H groups in total. The number of benzene rings is 2. The Hall–Kier alpha value is -3.39. The Labute approximate surface area is 196 Å². The molecule has 2 atom stereocenters. The van der Waals surface area contributed by atoms with E-state index in [1.54, 1.807) is 28.8 Å². The van der Waals surface area contributed by atoms with Crippen LogP contribution in [0.25, 0.3) is 10.2 Å². The van der Waals surface area contributed by atoms with Gasteiger partial charge in [-0.3, -0.25) is 9.69 Å². The molecule has 0 spiro atoms. The fraction of sp³-hybridized carbons (Fsp3) is 0.320. The number of carbonyl (C=O) groups is 1. The Bertz CT molecular complexity index is 1250. The molecule has 7 nitrogen and oxygen atoms in total. The predicted molar refractivity (Wildman–Crippen MR) is 129 cm³/mol. The summed E-state index contributed by atoms with van der Waals surface area (Å²) < 4.78 is 15.2. The van der Waals surface area contributed by atoms with Gasteiger partial charge in [-0.05, 0) is 49.6 Å². The van der Waals surface area contributed by atoms with Crippen LogP contribution in [0.1, 0.15) is 25.8 Å². The lowest BCUT2D eigenvalue weighted by Gasteiger charge is -2.33. The van der Waals surface area contributed by atoms with E-state index in [0.717, 1.165) is 29.6 Å². The maximum Gasteiger partial charge on any atom is 0.273 e. The van der Waals surface area contributed by atoms with Crippen LogP contribution in [-0.4, -0.2) is 39.2 Å². The molecule has 1 aliphatic heterocycles. The van der Waals surface area contributed by atoms with Gasteiger partial charge >= 0.3 is 0 Å². The molecule has 0 bridgehead atoms. The highest BCUT2D eigenvalue weighted by molar-refractivity contribution is 7.22. The van der Waals surface area contributed by atoms with Gasteiger partial charge in [0.1, 0.15) is 6.10 Å². The van der Waals surface area contributed by atoms with E-state index in [4.69, 9.17) is 14.5 Å². The van der Waals surface area contributed by atoms with Gasteiger partial charge in [0.2, 0.25) is 6.10 Å². The zero-order valence-electron chi connectivity index (χ0n) is 18.7. The third kappa shape index (κ3) is 4.43. The Kier molecular flexibility index (Phi) is 6.00. The number of aromatic nitrogens is 3. The van der Waals surface area contributed by atoms with Crippen LogP contribution in [0.15, 0.2) is 61.2 Å². The van der Waals surface area contributed by atoms with Gasteiger partial charge in [-0.2, -0.15) is 0 Å². The summed E-state index contributed by atoms with van der Waals surface area (Å²) in [4.78, 5) is 24.4. The van der Waals surface area contributed by atoms with Crippen molar-refractivity contribution in [1.82, 2.24) is 14.5 Å². The van der Waals surface area contributed by atoms with Gasteiger partial charge in [-0.15, -0.1) is 0 Å². The van der Waals surface area contributed by atoms with Crippen LogP contribution in [0.4, 0.5) is 5.13 Å². The molecule has 0 aliphatic carbocycles. The minimum atomic E-state index is -0.744. The normalized spacial score (nSPS) is 17.3. The molecule has 0 saturated carbocycles. The molecule has 2 aromatic carbocycles. The van der Waals surface area contributed by atoms with Gasteiger partial charge in [0, 0.05) is 25.5 Å². The van der Waals surface area contributed by atoms with E-state index in [-0.39, 0.29) is 5.91 Å². The van der Waals surface area contributed by atoms with Gasteiger partial charge in [0.25, 0.3) is 5.91 Å². The van der Waals surface area contributed by atoms with Gasteiger partial charge in [0.15, 0.2) is 16.6 Å². The van der Waals surface area contributed by atoms with Crippen molar-refractivity contribution in [3.63, 3.8) is 0 Å². The summed E-state index contributed by atoms with van der Waals surface area (Å²) in [5.74, 6) is 1.11. The first-order valence-corrected chi connectivity index (χ1v) is 12.0. The van der Waals surface area contributed by atoms with E-state index in [1.807, 2.05) is 48.0 Å². The first kappa shape index (κ1) is 21.5. The second-order valence-electron chi connectivity index (χ2n) is 8.10. The molecule has 1 amide bonds. The molecule has 8 heteroatoms. The quantitative estimate of drug-likeness (QED) is 0.398. The molecular weight excluding hydrogens is 436 g/mol. The highest BCUT2D eigenvalue weighted by Gasteiger charge is 2.38. The summed E-state index contributed by atoms with van der Waals surface area (Å²) in [6, 6.07) is 13.7. The lowest BCUT2D eigenvalue weighted by atomic mass is 10.1. The van der Waals surface area contributed by atoms with Crippen molar-refractivity contribution in [2.45, 2.75) is 45.4 Å². The Morgan fingerprint density at radius 1 is 1.18 bits per heavy atom. The standard InChI is InChI=1S/C25H26N4O3S/c1-3-18-9-10-19-22(15-18)33-25(27-19)29(13-6-12-28-14-11-26-16-28)24(30)23-17(2)31-20-7-4-5-8-21(20)32-23/h4-5,7-11,14-17,23H,3,6,12-13H2,1-2H3. The zero-order valence-corrected chi connectivity index (χ0v) is 19.5. The predicted octanol–water partition coefficient (Wildman–Crippen LogP) is 4.71. The number of hydrogen-bond acceptors (Lipinski definition) is 6. The molecule has 0 radical (unpaired) electrons. The third-order valence-corrected chi connectivity index (χ3v) is 6.83. The van der Waals surface area contributed by atoms with Crippen LogP contribution in [-0.2, 0) is 17.8 Å². The van der Waals surface area contributed by atoms with E-state index < -0.39 is 12.2 Å². The molecule has 0 fully saturated rings. The average molecular weight is 463 g/mol. The number of para-hydroxylation sites is 2. The lowest BCUT2D eigenvalue weighted by molar-refractivity contribution is -0.130. The highest BCUT2D eigenvalue weighted by Crippen LogP contribution is 2.36. The number of thiazole rings is 1. The number of imidazole rings is 1. The molecule has 1 aliphatic rings. The number of nitrogens with zero attached hydrogens (tertiary/aromatic N) is 4. The average Bonchev–Trinajstić information content (AvgIpc) is 3.50. The maximum atomic E-state index is 13.8. The minimum Gasteiger partial charge on any atom is -0.482 e. The van der Waals surface area contributed by atoms with Crippen molar-refractivity contribution < 1.29 is 14.3 Å². The zero-order chi connectivity index (χ0) is 22.8. The number of fused-ring (bicyclic) bond motifs is 2. The molecular formula is C25H26N4O3S. The van der Waals surface area contributed by atoms with Gasteiger partial charge in [-0.1, -0.05) is 36.5 Å². The molecule has 0 saturated heterocycles.